The summed E-state index contributed by atoms with van der Waals surface area (Å²) in [5.74, 6) is 0.734. The zero-order valence-electron chi connectivity index (χ0n) is 8.18. The molecule has 0 amide bonds. The van der Waals surface area contributed by atoms with Crippen molar-refractivity contribution in [1.29, 1.82) is 0 Å². The van der Waals surface area contributed by atoms with E-state index in [-0.39, 0.29) is 0 Å². The van der Waals surface area contributed by atoms with Crippen molar-refractivity contribution < 1.29 is 0 Å². The molecule has 1 aliphatic carbocycles. The fourth-order valence-electron chi connectivity index (χ4n) is 1.59. The fourth-order valence-corrected chi connectivity index (χ4v) is 1.59. The summed E-state index contributed by atoms with van der Waals surface area (Å²) in [7, 11) is 0. The Labute approximate surface area is 75.9 Å². The second-order valence-electron chi connectivity index (χ2n) is 3.88. The van der Waals surface area contributed by atoms with Gasteiger partial charge in [0.25, 0.3) is 0 Å². The molecular formula is C10H22N2. The lowest BCUT2D eigenvalue weighted by molar-refractivity contribution is 0.325. The predicted molar refractivity (Wildman–Crippen MR) is 53.1 cm³/mol. The molecule has 0 aliphatic heterocycles. The average Bonchev–Trinajstić information content (AvgIpc) is 2.02. The molecule has 0 saturated heterocycles. The molecule has 0 heterocycles. The van der Waals surface area contributed by atoms with E-state index in [1.807, 2.05) is 0 Å². The van der Waals surface area contributed by atoms with Crippen molar-refractivity contribution >= 4 is 0 Å². The molecule has 1 aliphatic rings. The molecule has 2 nitrogen and oxygen atoms in total. The maximum Gasteiger partial charge on any atom is 0.00670 e. The normalized spacial score (nSPS) is 20.5. The summed E-state index contributed by atoms with van der Waals surface area (Å²) in [6.45, 7) is 4.24. The summed E-state index contributed by atoms with van der Waals surface area (Å²) in [4.78, 5) is 0. The third kappa shape index (κ3) is 3.11. The first-order chi connectivity index (χ1) is 5.86. The Balaban J connectivity index is 1.92. The average molecular weight is 170 g/mol. The Morgan fingerprint density at radius 3 is 2.67 bits per heavy atom. The Bertz CT molecular complexity index is 106. The number of hydrogen-bond donors (Lipinski definition) is 2. The number of nitrogens with one attached hydrogen (secondary N) is 1. The number of hydrogen-bond acceptors (Lipinski definition) is 2. The molecule has 0 radical (unpaired) electrons. The minimum Gasteiger partial charge on any atom is -0.330 e. The van der Waals surface area contributed by atoms with Gasteiger partial charge in [-0.05, 0) is 38.3 Å². The van der Waals surface area contributed by atoms with Crippen LogP contribution in [0.5, 0.6) is 0 Å². The predicted octanol–water partition coefficient (Wildman–Crippen LogP) is 1.50. The van der Waals surface area contributed by atoms with Crippen molar-refractivity contribution in [3.8, 4) is 0 Å². The molecule has 12 heavy (non-hydrogen) atoms. The first-order valence-corrected chi connectivity index (χ1v) is 5.30. The Kier molecular flexibility index (Phi) is 4.62. The lowest BCUT2D eigenvalue weighted by atomic mass is 9.92. The van der Waals surface area contributed by atoms with Gasteiger partial charge in [-0.15, -0.1) is 0 Å². The molecule has 3 N–H and O–H groups in total. The second kappa shape index (κ2) is 5.55. The summed E-state index contributed by atoms with van der Waals surface area (Å²) < 4.78 is 0. The summed E-state index contributed by atoms with van der Waals surface area (Å²) in [5.41, 5.74) is 5.62. The second-order valence-corrected chi connectivity index (χ2v) is 3.88. The van der Waals surface area contributed by atoms with E-state index in [1.165, 1.54) is 38.6 Å². The van der Waals surface area contributed by atoms with Crippen molar-refractivity contribution in [2.45, 2.75) is 45.1 Å². The SMILES string of the molecule is CCC(CN)CCNC1CCC1. The molecule has 1 unspecified atom stereocenters. The molecule has 0 aromatic carbocycles. The molecule has 0 bridgehead atoms. The fraction of sp³-hybridized carbons (Fsp3) is 1.00. The molecule has 0 aromatic rings. The zero-order valence-corrected chi connectivity index (χ0v) is 8.18. The van der Waals surface area contributed by atoms with Crippen molar-refractivity contribution in [3.05, 3.63) is 0 Å². The van der Waals surface area contributed by atoms with Gasteiger partial charge in [-0.25, -0.2) is 0 Å². The van der Waals surface area contributed by atoms with Crippen LogP contribution < -0.4 is 11.1 Å². The van der Waals surface area contributed by atoms with Crippen LogP contribution in [0.25, 0.3) is 0 Å². The minimum absolute atomic E-state index is 0.734. The van der Waals surface area contributed by atoms with Crippen LogP contribution in [0, 0.1) is 5.92 Å². The smallest absolute Gasteiger partial charge is 0.00670 e. The van der Waals surface area contributed by atoms with Crippen LogP contribution in [0.4, 0.5) is 0 Å². The third-order valence-electron chi connectivity index (χ3n) is 3.00. The summed E-state index contributed by atoms with van der Waals surface area (Å²) >= 11 is 0. The first kappa shape index (κ1) is 10.0. The van der Waals surface area contributed by atoms with Crippen LogP contribution in [0.3, 0.4) is 0 Å². The van der Waals surface area contributed by atoms with Crippen molar-refractivity contribution in [2.75, 3.05) is 13.1 Å². The van der Waals surface area contributed by atoms with E-state index in [0.29, 0.717) is 0 Å². The minimum atomic E-state index is 0.734. The van der Waals surface area contributed by atoms with Crippen LogP contribution in [-0.2, 0) is 0 Å². The van der Waals surface area contributed by atoms with E-state index in [4.69, 9.17) is 5.73 Å². The highest BCUT2D eigenvalue weighted by molar-refractivity contribution is 4.76. The van der Waals surface area contributed by atoms with Crippen LogP contribution >= 0.6 is 0 Å². The van der Waals surface area contributed by atoms with E-state index >= 15 is 0 Å². The molecule has 0 spiro atoms. The summed E-state index contributed by atoms with van der Waals surface area (Å²) in [5, 5.41) is 3.56. The standard InChI is InChI=1S/C10H22N2/c1-2-9(8-11)6-7-12-10-4-3-5-10/h9-10,12H,2-8,11H2,1H3. The van der Waals surface area contributed by atoms with Gasteiger partial charge in [-0.3, -0.25) is 0 Å². The maximum absolute atomic E-state index is 5.62. The molecule has 1 saturated carbocycles. The summed E-state index contributed by atoms with van der Waals surface area (Å²) in [6, 6.07) is 0.834. The van der Waals surface area contributed by atoms with Crippen LogP contribution in [-0.4, -0.2) is 19.1 Å². The molecular weight excluding hydrogens is 148 g/mol. The van der Waals surface area contributed by atoms with E-state index in [0.717, 1.165) is 18.5 Å². The molecule has 2 heteroatoms. The molecule has 72 valence electrons. The van der Waals surface area contributed by atoms with Gasteiger partial charge in [-0.2, -0.15) is 0 Å². The monoisotopic (exact) mass is 170 g/mol. The highest BCUT2D eigenvalue weighted by atomic mass is 14.9. The largest absolute Gasteiger partial charge is 0.330 e. The van der Waals surface area contributed by atoms with Crippen molar-refractivity contribution in [1.82, 2.24) is 5.32 Å². The molecule has 1 rings (SSSR count). The Morgan fingerprint density at radius 2 is 2.25 bits per heavy atom. The molecule has 0 aromatic heterocycles. The highest BCUT2D eigenvalue weighted by Crippen LogP contribution is 2.18. The van der Waals surface area contributed by atoms with Gasteiger partial charge in [0.05, 0.1) is 0 Å². The van der Waals surface area contributed by atoms with Gasteiger partial charge in [0.1, 0.15) is 0 Å². The van der Waals surface area contributed by atoms with E-state index in [9.17, 15) is 0 Å². The van der Waals surface area contributed by atoms with Gasteiger partial charge in [0.15, 0.2) is 0 Å². The lowest BCUT2D eigenvalue weighted by Crippen LogP contribution is -2.36. The van der Waals surface area contributed by atoms with Gasteiger partial charge in [0.2, 0.25) is 0 Å². The van der Waals surface area contributed by atoms with E-state index < -0.39 is 0 Å². The van der Waals surface area contributed by atoms with Gasteiger partial charge in [0, 0.05) is 6.04 Å². The Hall–Kier alpha value is -0.0800. The maximum atomic E-state index is 5.62. The Morgan fingerprint density at radius 1 is 1.50 bits per heavy atom. The van der Waals surface area contributed by atoms with Crippen LogP contribution in [0.15, 0.2) is 0 Å². The number of nitrogens with two attached hydrogens (primary N) is 1. The van der Waals surface area contributed by atoms with Gasteiger partial charge in [-0.1, -0.05) is 19.8 Å². The summed E-state index contributed by atoms with van der Waals surface area (Å²) in [6.07, 6.45) is 6.68. The molecule has 1 fully saturated rings. The highest BCUT2D eigenvalue weighted by Gasteiger charge is 2.16. The number of rotatable bonds is 6. The van der Waals surface area contributed by atoms with Crippen molar-refractivity contribution in [3.63, 3.8) is 0 Å². The van der Waals surface area contributed by atoms with Crippen LogP contribution in [0.1, 0.15) is 39.0 Å². The molecule has 1 atom stereocenters. The lowest BCUT2D eigenvalue weighted by Gasteiger charge is -2.27. The zero-order chi connectivity index (χ0) is 8.81. The first-order valence-electron chi connectivity index (χ1n) is 5.30. The van der Waals surface area contributed by atoms with Crippen LogP contribution in [0.2, 0.25) is 0 Å². The third-order valence-corrected chi connectivity index (χ3v) is 3.00. The van der Waals surface area contributed by atoms with E-state index in [1.54, 1.807) is 0 Å². The topological polar surface area (TPSA) is 38.0 Å². The van der Waals surface area contributed by atoms with Gasteiger partial charge < -0.3 is 11.1 Å². The quantitative estimate of drug-likeness (QED) is 0.634. The van der Waals surface area contributed by atoms with E-state index in [2.05, 4.69) is 12.2 Å². The van der Waals surface area contributed by atoms with Crippen molar-refractivity contribution in [2.24, 2.45) is 11.7 Å². The van der Waals surface area contributed by atoms with Gasteiger partial charge >= 0.3 is 0 Å².